The second-order valence-electron chi connectivity index (χ2n) is 5.38. The Balaban J connectivity index is 1.44. The van der Waals surface area contributed by atoms with Crippen molar-refractivity contribution in [3.63, 3.8) is 0 Å². The van der Waals surface area contributed by atoms with Crippen molar-refractivity contribution in [1.29, 1.82) is 0 Å². The van der Waals surface area contributed by atoms with Gasteiger partial charge in [-0.25, -0.2) is 0 Å². The highest BCUT2D eigenvalue weighted by molar-refractivity contribution is 7.15. The van der Waals surface area contributed by atoms with Gasteiger partial charge in [0.25, 0.3) is 0 Å². The van der Waals surface area contributed by atoms with Gasteiger partial charge in [-0.2, -0.15) is 4.80 Å². The molecule has 8 nitrogen and oxygen atoms in total. The number of anilines is 2. The number of hydrogen-bond acceptors (Lipinski definition) is 8. The van der Waals surface area contributed by atoms with Gasteiger partial charge in [-0.1, -0.05) is 29.0 Å². The van der Waals surface area contributed by atoms with Crippen molar-refractivity contribution in [2.45, 2.75) is 13.5 Å². The van der Waals surface area contributed by atoms with E-state index in [1.165, 1.54) is 21.7 Å². The minimum Gasteiger partial charge on any atom is -0.330 e. The molecule has 0 saturated heterocycles. The SMILES string of the molecule is Cc1ccc(Nc2nnc(Cn3nnc(-c4cccnc4)n3)s2)cc1. The van der Waals surface area contributed by atoms with Gasteiger partial charge in [0.15, 0.2) is 0 Å². The Labute approximate surface area is 147 Å². The third-order valence-electron chi connectivity index (χ3n) is 3.42. The summed E-state index contributed by atoms with van der Waals surface area (Å²) < 4.78 is 0. The van der Waals surface area contributed by atoms with Gasteiger partial charge < -0.3 is 5.32 Å². The third-order valence-corrected chi connectivity index (χ3v) is 4.24. The maximum absolute atomic E-state index is 4.35. The molecule has 9 heteroatoms. The summed E-state index contributed by atoms with van der Waals surface area (Å²) in [4.78, 5) is 5.56. The standard InChI is InChI=1S/C16H14N8S/c1-11-4-6-13(7-5-11)18-16-21-19-14(25-16)10-24-22-15(20-23-24)12-3-2-8-17-9-12/h2-9H,10H2,1H3,(H,18,21). The zero-order chi connectivity index (χ0) is 17.1. The molecule has 0 amide bonds. The van der Waals surface area contributed by atoms with Crippen LogP contribution in [0, 0.1) is 6.92 Å². The smallest absolute Gasteiger partial charge is 0.210 e. The molecule has 0 spiro atoms. The second kappa shape index (κ2) is 6.73. The number of hydrogen-bond donors (Lipinski definition) is 1. The molecule has 0 aliphatic heterocycles. The molecule has 25 heavy (non-hydrogen) atoms. The van der Waals surface area contributed by atoms with E-state index in [9.17, 15) is 0 Å². The number of nitrogens with zero attached hydrogens (tertiary/aromatic N) is 7. The molecule has 0 fully saturated rings. The minimum atomic E-state index is 0.417. The van der Waals surface area contributed by atoms with Crippen LogP contribution in [0.4, 0.5) is 10.8 Å². The molecule has 0 radical (unpaired) electrons. The maximum atomic E-state index is 4.35. The quantitative estimate of drug-likeness (QED) is 0.591. The van der Waals surface area contributed by atoms with Gasteiger partial charge in [-0.05, 0) is 36.4 Å². The van der Waals surface area contributed by atoms with E-state index >= 15 is 0 Å². The van der Waals surface area contributed by atoms with Crippen molar-refractivity contribution in [2.24, 2.45) is 0 Å². The van der Waals surface area contributed by atoms with Crippen LogP contribution in [-0.2, 0) is 6.54 Å². The van der Waals surface area contributed by atoms with Gasteiger partial charge >= 0.3 is 0 Å². The van der Waals surface area contributed by atoms with Crippen molar-refractivity contribution in [2.75, 3.05) is 5.32 Å². The van der Waals surface area contributed by atoms with E-state index in [-0.39, 0.29) is 0 Å². The first-order valence-corrected chi connectivity index (χ1v) is 8.42. The molecule has 3 heterocycles. The summed E-state index contributed by atoms with van der Waals surface area (Å²) in [6.07, 6.45) is 3.41. The van der Waals surface area contributed by atoms with E-state index in [0.29, 0.717) is 12.4 Å². The Bertz CT molecular complexity index is 961. The van der Waals surface area contributed by atoms with Crippen molar-refractivity contribution in [1.82, 2.24) is 35.4 Å². The molecule has 124 valence electrons. The molecule has 4 aromatic rings. The van der Waals surface area contributed by atoms with Crippen LogP contribution >= 0.6 is 11.3 Å². The normalized spacial score (nSPS) is 10.8. The fourth-order valence-corrected chi connectivity index (χ4v) is 2.91. The fraction of sp³-hybridized carbons (Fsp3) is 0.125. The monoisotopic (exact) mass is 350 g/mol. The zero-order valence-electron chi connectivity index (χ0n) is 13.4. The topological polar surface area (TPSA) is 94.3 Å². The predicted molar refractivity (Wildman–Crippen MR) is 94.5 cm³/mol. The van der Waals surface area contributed by atoms with Gasteiger partial charge in [0, 0.05) is 23.6 Å². The summed E-state index contributed by atoms with van der Waals surface area (Å²) >= 11 is 1.46. The molecular formula is C16H14N8S. The highest BCUT2D eigenvalue weighted by Gasteiger charge is 2.09. The van der Waals surface area contributed by atoms with Crippen LogP contribution < -0.4 is 5.32 Å². The van der Waals surface area contributed by atoms with Crippen LogP contribution in [0.25, 0.3) is 11.4 Å². The van der Waals surface area contributed by atoms with Crippen molar-refractivity contribution in [3.8, 4) is 11.4 Å². The number of rotatable bonds is 5. The molecule has 0 atom stereocenters. The van der Waals surface area contributed by atoms with E-state index in [1.807, 2.05) is 36.4 Å². The lowest BCUT2D eigenvalue weighted by Crippen LogP contribution is -2.03. The molecule has 1 N–H and O–H groups in total. The van der Waals surface area contributed by atoms with Crippen molar-refractivity contribution < 1.29 is 0 Å². The van der Waals surface area contributed by atoms with E-state index < -0.39 is 0 Å². The molecular weight excluding hydrogens is 336 g/mol. The van der Waals surface area contributed by atoms with Gasteiger partial charge in [0.1, 0.15) is 11.6 Å². The van der Waals surface area contributed by atoms with E-state index in [0.717, 1.165) is 21.4 Å². The molecule has 0 aliphatic carbocycles. The minimum absolute atomic E-state index is 0.417. The molecule has 0 bridgehead atoms. The highest BCUT2D eigenvalue weighted by atomic mass is 32.1. The Morgan fingerprint density at radius 1 is 1.08 bits per heavy atom. The maximum Gasteiger partial charge on any atom is 0.210 e. The first-order valence-electron chi connectivity index (χ1n) is 7.60. The van der Waals surface area contributed by atoms with Gasteiger partial charge in [0.2, 0.25) is 11.0 Å². The van der Waals surface area contributed by atoms with Gasteiger partial charge in [-0.15, -0.1) is 20.4 Å². The molecule has 0 unspecified atom stereocenters. The van der Waals surface area contributed by atoms with Crippen LogP contribution in [-0.4, -0.2) is 35.4 Å². The summed E-state index contributed by atoms with van der Waals surface area (Å²) in [6.45, 7) is 2.47. The fourth-order valence-electron chi connectivity index (χ4n) is 2.17. The number of aryl methyl sites for hydroxylation is 1. The lowest BCUT2D eigenvalue weighted by atomic mass is 10.2. The lowest BCUT2D eigenvalue weighted by Gasteiger charge is -2.01. The van der Waals surface area contributed by atoms with E-state index in [4.69, 9.17) is 0 Å². The average Bonchev–Trinajstić information content (AvgIpc) is 3.28. The first kappa shape index (κ1) is 15.3. The summed E-state index contributed by atoms with van der Waals surface area (Å²) in [5.41, 5.74) is 3.02. The summed E-state index contributed by atoms with van der Waals surface area (Å²) in [6, 6.07) is 11.8. The first-order chi connectivity index (χ1) is 12.3. The number of pyridine rings is 1. The van der Waals surface area contributed by atoms with Crippen LogP contribution in [0.3, 0.4) is 0 Å². The summed E-state index contributed by atoms with van der Waals surface area (Å²) in [5, 5.41) is 25.5. The van der Waals surface area contributed by atoms with Crippen LogP contribution in [0.15, 0.2) is 48.8 Å². The molecule has 4 rings (SSSR count). The number of benzene rings is 1. The van der Waals surface area contributed by atoms with Gasteiger partial charge in [0.05, 0.1) is 0 Å². The van der Waals surface area contributed by atoms with Gasteiger partial charge in [-0.3, -0.25) is 4.98 Å². The molecule has 0 aliphatic rings. The average molecular weight is 350 g/mol. The van der Waals surface area contributed by atoms with Crippen molar-refractivity contribution >= 4 is 22.2 Å². The number of aromatic nitrogens is 7. The number of tetrazole rings is 1. The Morgan fingerprint density at radius 2 is 1.96 bits per heavy atom. The van der Waals surface area contributed by atoms with Crippen LogP contribution in [0.1, 0.15) is 10.6 Å². The summed E-state index contributed by atoms with van der Waals surface area (Å²) in [7, 11) is 0. The number of nitrogens with one attached hydrogen (secondary N) is 1. The molecule has 0 saturated carbocycles. The van der Waals surface area contributed by atoms with E-state index in [2.05, 4.69) is 42.8 Å². The van der Waals surface area contributed by atoms with Crippen LogP contribution in [0.5, 0.6) is 0 Å². The zero-order valence-corrected chi connectivity index (χ0v) is 14.2. The van der Waals surface area contributed by atoms with Crippen LogP contribution in [0.2, 0.25) is 0 Å². The lowest BCUT2D eigenvalue weighted by molar-refractivity contribution is 0.568. The largest absolute Gasteiger partial charge is 0.330 e. The molecule has 3 aromatic heterocycles. The molecule has 1 aromatic carbocycles. The Hall–Kier alpha value is -3.20. The predicted octanol–water partition coefficient (Wildman–Crippen LogP) is 2.69. The van der Waals surface area contributed by atoms with E-state index in [1.54, 1.807) is 12.4 Å². The third kappa shape index (κ3) is 3.66. The van der Waals surface area contributed by atoms with Crippen molar-refractivity contribution in [3.05, 3.63) is 59.4 Å². The Kier molecular flexibility index (Phi) is 4.13. The second-order valence-corrected chi connectivity index (χ2v) is 6.44. The Morgan fingerprint density at radius 3 is 2.76 bits per heavy atom. The highest BCUT2D eigenvalue weighted by Crippen LogP contribution is 2.21. The summed E-state index contributed by atoms with van der Waals surface area (Å²) in [5.74, 6) is 0.538.